The summed E-state index contributed by atoms with van der Waals surface area (Å²) in [6.07, 6.45) is 3.33. The van der Waals surface area contributed by atoms with Gasteiger partial charge < -0.3 is 9.52 Å². The fraction of sp³-hybridized carbons (Fsp3) is 0.375. The van der Waals surface area contributed by atoms with Gasteiger partial charge in [0.15, 0.2) is 0 Å². The summed E-state index contributed by atoms with van der Waals surface area (Å²) in [7, 11) is 0. The zero-order valence-corrected chi connectivity index (χ0v) is 10.8. The number of allylic oxidation sites excluding steroid dienone is 1. The highest BCUT2D eigenvalue weighted by Crippen LogP contribution is 2.40. The third kappa shape index (κ3) is 2.08. The van der Waals surface area contributed by atoms with Crippen LogP contribution in [0.1, 0.15) is 32.4 Å². The molecular weight excluding hydrogens is 224 g/mol. The van der Waals surface area contributed by atoms with E-state index in [2.05, 4.69) is 19.9 Å². The molecule has 0 spiro atoms. The van der Waals surface area contributed by atoms with Crippen LogP contribution in [0.25, 0.3) is 16.5 Å². The molecule has 1 aliphatic rings. The van der Waals surface area contributed by atoms with Crippen molar-refractivity contribution in [2.75, 3.05) is 0 Å². The number of aliphatic hydroxyl groups excluding tert-OH is 1. The quantitative estimate of drug-likeness (QED) is 0.820. The molecule has 0 radical (unpaired) electrons. The molecular formula is C16H18O2. The summed E-state index contributed by atoms with van der Waals surface area (Å²) in [6, 6.07) is 10.1. The van der Waals surface area contributed by atoms with Crippen LogP contribution in [-0.4, -0.2) is 11.2 Å². The van der Waals surface area contributed by atoms with Gasteiger partial charge in [-0.05, 0) is 42.0 Å². The van der Waals surface area contributed by atoms with E-state index in [1.165, 1.54) is 0 Å². The van der Waals surface area contributed by atoms with Crippen molar-refractivity contribution >= 4 is 16.5 Å². The van der Waals surface area contributed by atoms with E-state index in [1.807, 2.05) is 30.3 Å². The fourth-order valence-electron chi connectivity index (χ4n) is 2.81. The minimum atomic E-state index is -0.364. The van der Waals surface area contributed by atoms with E-state index in [4.69, 9.17) is 4.42 Å². The van der Waals surface area contributed by atoms with Crippen LogP contribution >= 0.6 is 0 Å². The highest BCUT2D eigenvalue weighted by molar-refractivity contribution is 5.82. The molecule has 1 aliphatic carbocycles. The Morgan fingerprint density at radius 3 is 2.78 bits per heavy atom. The summed E-state index contributed by atoms with van der Waals surface area (Å²) in [4.78, 5) is 0. The number of benzene rings is 1. The third-order valence-electron chi connectivity index (χ3n) is 3.57. The van der Waals surface area contributed by atoms with Crippen LogP contribution < -0.4 is 0 Å². The van der Waals surface area contributed by atoms with Gasteiger partial charge in [0.25, 0.3) is 0 Å². The van der Waals surface area contributed by atoms with Crippen LogP contribution in [0.15, 0.2) is 40.8 Å². The van der Waals surface area contributed by atoms with Gasteiger partial charge in [-0.15, -0.1) is 0 Å². The summed E-state index contributed by atoms with van der Waals surface area (Å²) >= 11 is 0. The third-order valence-corrected chi connectivity index (χ3v) is 3.57. The van der Waals surface area contributed by atoms with Gasteiger partial charge in [0.05, 0.1) is 6.10 Å². The molecule has 1 unspecified atom stereocenters. The maximum Gasteiger partial charge on any atom is 0.134 e. The van der Waals surface area contributed by atoms with E-state index >= 15 is 0 Å². The standard InChI is InChI=1S/C16H18O2/c1-16(2)9-12(7-13(17)10-16)15-8-11-5-3-4-6-14(11)18-15/h3-8,13,17H,9-10H2,1-2H3. The Kier molecular flexibility index (Phi) is 2.56. The van der Waals surface area contributed by atoms with Gasteiger partial charge in [0.1, 0.15) is 11.3 Å². The monoisotopic (exact) mass is 242 g/mol. The summed E-state index contributed by atoms with van der Waals surface area (Å²) in [6.45, 7) is 4.37. The second-order valence-corrected chi connectivity index (χ2v) is 5.95. The summed E-state index contributed by atoms with van der Waals surface area (Å²) in [5.74, 6) is 0.892. The normalized spacial score (nSPS) is 23.1. The van der Waals surface area contributed by atoms with Gasteiger partial charge in [-0.1, -0.05) is 32.0 Å². The number of furan rings is 1. The van der Waals surface area contributed by atoms with E-state index < -0.39 is 0 Å². The predicted octanol–water partition coefficient (Wildman–Crippen LogP) is 4.00. The highest BCUT2D eigenvalue weighted by atomic mass is 16.3. The number of fused-ring (bicyclic) bond motifs is 1. The first-order valence-electron chi connectivity index (χ1n) is 6.41. The molecule has 18 heavy (non-hydrogen) atoms. The van der Waals surface area contributed by atoms with Crippen molar-refractivity contribution in [1.29, 1.82) is 0 Å². The Balaban J connectivity index is 2.04. The maximum absolute atomic E-state index is 9.93. The van der Waals surface area contributed by atoms with Crippen LogP contribution in [-0.2, 0) is 0 Å². The first-order chi connectivity index (χ1) is 8.53. The van der Waals surface area contributed by atoms with Crippen molar-refractivity contribution in [3.63, 3.8) is 0 Å². The molecule has 0 amide bonds. The van der Waals surface area contributed by atoms with Crippen molar-refractivity contribution in [3.05, 3.63) is 42.2 Å². The van der Waals surface area contributed by atoms with Gasteiger partial charge in [-0.25, -0.2) is 0 Å². The average Bonchev–Trinajstić information content (AvgIpc) is 2.69. The molecule has 0 saturated heterocycles. The smallest absolute Gasteiger partial charge is 0.134 e. The van der Waals surface area contributed by atoms with E-state index in [0.717, 1.165) is 35.1 Å². The van der Waals surface area contributed by atoms with Crippen LogP contribution in [0.4, 0.5) is 0 Å². The molecule has 2 nitrogen and oxygen atoms in total. The van der Waals surface area contributed by atoms with E-state index in [0.29, 0.717) is 0 Å². The molecule has 0 fully saturated rings. The number of rotatable bonds is 1. The molecule has 94 valence electrons. The van der Waals surface area contributed by atoms with Crippen molar-refractivity contribution in [2.24, 2.45) is 5.41 Å². The number of hydrogen-bond donors (Lipinski definition) is 1. The van der Waals surface area contributed by atoms with Gasteiger partial charge in [-0.2, -0.15) is 0 Å². The second kappa shape index (κ2) is 3.99. The molecule has 3 rings (SSSR count). The fourth-order valence-corrected chi connectivity index (χ4v) is 2.81. The number of aliphatic hydroxyl groups is 1. The number of hydrogen-bond acceptors (Lipinski definition) is 2. The largest absolute Gasteiger partial charge is 0.456 e. The molecule has 0 aliphatic heterocycles. The molecule has 1 atom stereocenters. The molecule has 0 saturated carbocycles. The van der Waals surface area contributed by atoms with Crippen molar-refractivity contribution < 1.29 is 9.52 Å². The average molecular weight is 242 g/mol. The zero-order chi connectivity index (χ0) is 12.8. The van der Waals surface area contributed by atoms with Crippen LogP contribution in [0.5, 0.6) is 0 Å². The topological polar surface area (TPSA) is 33.4 Å². The molecule has 2 aromatic rings. The molecule has 1 aromatic heterocycles. The Hall–Kier alpha value is -1.54. The second-order valence-electron chi connectivity index (χ2n) is 5.95. The van der Waals surface area contributed by atoms with E-state index in [9.17, 15) is 5.11 Å². The molecule has 1 heterocycles. The molecule has 2 heteroatoms. The maximum atomic E-state index is 9.93. The molecule has 1 N–H and O–H groups in total. The van der Waals surface area contributed by atoms with E-state index in [1.54, 1.807) is 0 Å². The summed E-state index contributed by atoms with van der Waals surface area (Å²) in [5, 5.41) is 11.1. The van der Waals surface area contributed by atoms with Crippen molar-refractivity contribution in [2.45, 2.75) is 32.8 Å². The summed E-state index contributed by atoms with van der Waals surface area (Å²) in [5.41, 5.74) is 2.16. The lowest BCUT2D eigenvalue weighted by molar-refractivity contribution is 0.145. The highest BCUT2D eigenvalue weighted by Gasteiger charge is 2.29. The van der Waals surface area contributed by atoms with Crippen molar-refractivity contribution in [1.82, 2.24) is 0 Å². The lowest BCUT2D eigenvalue weighted by atomic mass is 9.75. The van der Waals surface area contributed by atoms with Crippen LogP contribution in [0.2, 0.25) is 0 Å². The number of para-hydroxylation sites is 1. The molecule has 0 bridgehead atoms. The Bertz CT molecular complexity index is 571. The predicted molar refractivity (Wildman–Crippen MR) is 73.2 cm³/mol. The van der Waals surface area contributed by atoms with Crippen LogP contribution in [0.3, 0.4) is 0 Å². The first-order valence-corrected chi connectivity index (χ1v) is 6.41. The SMILES string of the molecule is CC1(C)CC(c2cc3ccccc3o2)=CC(O)C1. The van der Waals surface area contributed by atoms with Crippen LogP contribution in [0, 0.1) is 5.41 Å². The minimum absolute atomic E-state index is 0.127. The van der Waals surface area contributed by atoms with Gasteiger partial charge in [-0.3, -0.25) is 0 Å². The Morgan fingerprint density at radius 2 is 2.06 bits per heavy atom. The van der Waals surface area contributed by atoms with E-state index in [-0.39, 0.29) is 11.5 Å². The lowest BCUT2D eigenvalue weighted by Crippen LogP contribution is -2.24. The van der Waals surface area contributed by atoms with Gasteiger partial charge in [0, 0.05) is 5.39 Å². The van der Waals surface area contributed by atoms with Gasteiger partial charge in [0.2, 0.25) is 0 Å². The summed E-state index contributed by atoms with van der Waals surface area (Å²) < 4.78 is 5.87. The van der Waals surface area contributed by atoms with Crippen molar-refractivity contribution in [3.8, 4) is 0 Å². The van der Waals surface area contributed by atoms with Gasteiger partial charge >= 0.3 is 0 Å². The zero-order valence-electron chi connectivity index (χ0n) is 10.8. The Morgan fingerprint density at radius 1 is 1.28 bits per heavy atom. The lowest BCUT2D eigenvalue weighted by Gasteiger charge is -2.31. The first kappa shape index (κ1) is 11.5. The molecule has 1 aromatic carbocycles. The Labute approximate surface area is 107 Å². The minimum Gasteiger partial charge on any atom is -0.456 e.